The fourth-order valence-corrected chi connectivity index (χ4v) is 3.99. The lowest BCUT2D eigenvalue weighted by Crippen LogP contribution is -2.32. The van der Waals surface area contributed by atoms with Gasteiger partial charge in [0.2, 0.25) is 0 Å². The van der Waals surface area contributed by atoms with Crippen LogP contribution in [0.15, 0.2) is 27.1 Å². The van der Waals surface area contributed by atoms with Crippen LogP contribution in [-0.4, -0.2) is 30.5 Å². The zero-order valence-electron chi connectivity index (χ0n) is 12.3. The van der Waals surface area contributed by atoms with Crippen LogP contribution in [0.4, 0.5) is 5.69 Å². The van der Waals surface area contributed by atoms with E-state index in [0.29, 0.717) is 25.2 Å². The van der Waals surface area contributed by atoms with E-state index in [1.54, 1.807) is 0 Å². The van der Waals surface area contributed by atoms with Gasteiger partial charge in [-0.1, -0.05) is 25.8 Å². The number of ether oxygens (including phenoxy) is 1. The van der Waals surface area contributed by atoms with Gasteiger partial charge in [-0.15, -0.1) is 0 Å². The minimum absolute atomic E-state index is 0.309. The maximum absolute atomic E-state index is 10.1. The Morgan fingerprint density at radius 1 is 1.29 bits per heavy atom. The number of para-hydroxylation sites is 1. The molecule has 1 saturated carbocycles. The van der Waals surface area contributed by atoms with E-state index < -0.39 is 6.10 Å². The number of aliphatic hydroxyl groups is 1. The van der Waals surface area contributed by atoms with Crippen molar-refractivity contribution < 1.29 is 9.84 Å². The third kappa shape index (κ3) is 5.23. The molecule has 2 N–H and O–H groups in total. The summed E-state index contributed by atoms with van der Waals surface area (Å²) in [6.07, 6.45) is 4.72. The summed E-state index contributed by atoms with van der Waals surface area (Å²) in [6, 6.07) is 5.91. The zero-order chi connectivity index (χ0) is 15.2. The second-order valence-corrected chi connectivity index (χ2v) is 7.47. The van der Waals surface area contributed by atoms with E-state index in [-0.39, 0.29) is 0 Å². The molecule has 1 aromatic rings. The summed E-state index contributed by atoms with van der Waals surface area (Å²) in [5.74, 6) is 0.608. The Morgan fingerprint density at radius 3 is 2.62 bits per heavy atom. The summed E-state index contributed by atoms with van der Waals surface area (Å²) < 4.78 is 7.85. The van der Waals surface area contributed by atoms with Gasteiger partial charge in [0.25, 0.3) is 0 Å². The molecular weight excluding hydrogens is 398 g/mol. The van der Waals surface area contributed by atoms with Crippen molar-refractivity contribution in [1.29, 1.82) is 0 Å². The summed E-state index contributed by atoms with van der Waals surface area (Å²) in [7, 11) is 0. The van der Waals surface area contributed by atoms with Crippen LogP contribution < -0.4 is 5.32 Å². The van der Waals surface area contributed by atoms with Crippen molar-refractivity contribution in [2.24, 2.45) is 5.92 Å². The van der Waals surface area contributed by atoms with Gasteiger partial charge in [-0.05, 0) is 62.8 Å². The highest BCUT2D eigenvalue weighted by atomic mass is 79.9. The molecule has 0 aromatic heterocycles. The average molecular weight is 421 g/mol. The molecule has 0 spiro atoms. The SMILES string of the molecule is CC1CCCCC1OCC(O)CNc1c(Br)cccc1Br. The van der Waals surface area contributed by atoms with E-state index in [1.807, 2.05) is 18.2 Å². The van der Waals surface area contributed by atoms with Gasteiger partial charge >= 0.3 is 0 Å². The topological polar surface area (TPSA) is 41.5 Å². The van der Waals surface area contributed by atoms with Crippen molar-refractivity contribution >= 4 is 37.5 Å². The van der Waals surface area contributed by atoms with Gasteiger partial charge in [-0.3, -0.25) is 0 Å². The van der Waals surface area contributed by atoms with E-state index in [2.05, 4.69) is 44.1 Å². The van der Waals surface area contributed by atoms with Crippen LogP contribution >= 0.6 is 31.9 Å². The third-order valence-electron chi connectivity index (χ3n) is 4.01. The molecule has 0 radical (unpaired) electrons. The highest BCUT2D eigenvalue weighted by Crippen LogP contribution is 2.30. The molecule has 1 aliphatic rings. The normalized spacial score (nSPS) is 23.8. The number of anilines is 1. The molecule has 1 aromatic carbocycles. The number of benzene rings is 1. The monoisotopic (exact) mass is 419 g/mol. The second-order valence-electron chi connectivity index (χ2n) is 5.76. The summed E-state index contributed by atoms with van der Waals surface area (Å²) >= 11 is 7.00. The molecule has 118 valence electrons. The maximum Gasteiger partial charge on any atom is 0.0945 e. The highest BCUT2D eigenvalue weighted by Gasteiger charge is 2.22. The van der Waals surface area contributed by atoms with E-state index in [0.717, 1.165) is 21.1 Å². The number of hydrogen-bond acceptors (Lipinski definition) is 3. The molecule has 2 rings (SSSR count). The van der Waals surface area contributed by atoms with Gasteiger partial charge in [-0.25, -0.2) is 0 Å². The molecule has 0 amide bonds. The molecule has 1 aliphatic carbocycles. The van der Waals surface area contributed by atoms with Crippen molar-refractivity contribution in [3.8, 4) is 0 Å². The van der Waals surface area contributed by atoms with Crippen LogP contribution in [0.1, 0.15) is 32.6 Å². The lowest BCUT2D eigenvalue weighted by Gasteiger charge is -2.29. The maximum atomic E-state index is 10.1. The Labute approximate surface area is 143 Å². The Morgan fingerprint density at radius 2 is 1.95 bits per heavy atom. The number of halogens is 2. The Kier molecular flexibility index (Phi) is 6.99. The fourth-order valence-electron chi connectivity index (χ4n) is 2.71. The third-order valence-corrected chi connectivity index (χ3v) is 5.33. The number of aliphatic hydroxyl groups excluding tert-OH is 1. The molecule has 0 heterocycles. The number of hydrogen-bond donors (Lipinski definition) is 2. The van der Waals surface area contributed by atoms with Crippen molar-refractivity contribution in [3.05, 3.63) is 27.1 Å². The molecule has 3 nitrogen and oxygen atoms in total. The van der Waals surface area contributed by atoms with Crippen molar-refractivity contribution in [1.82, 2.24) is 0 Å². The Hall–Kier alpha value is -0.100. The standard InChI is InChI=1S/C16H23Br2NO2/c1-11-5-2-3-8-15(11)21-10-12(20)9-19-16-13(17)6-4-7-14(16)18/h4,6-7,11-12,15,19-20H,2-3,5,8-10H2,1H3. The molecule has 1 fully saturated rings. The number of rotatable bonds is 6. The van der Waals surface area contributed by atoms with E-state index in [4.69, 9.17) is 4.74 Å². The average Bonchev–Trinajstić information content (AvgIpc) is 2.46. The smallest absolute Gasteiger partial charge is 0.0945 e. The van der Waals surface area contributed by atoms with Crippen molar-refractivity contribution in [2.45, 2.75) is 44.8 Å². The molecular formula is C16H23Br2NO2. The molecule has 5 heteroatoms. The molecule has 0 bridgehead atoms. The number of nitrogens with one attached hydrogen (secondary N) is 1. The summed E-state index contributed by atoms with van der Waals surface area (Å²) in [6.45, 7) is 3.11. The predicted octanol–water partition coefficient (Wildman–Crippen LogP) is 4.58. The van der Waals surface area contributed by atoms with Crippen LogP contribution in [0.25, 0.3) is 0 Å². The van der Waals surface area contributed by atoms with Crippen LogP contribution in [-0.2, 0) is 4.74 Å². The highest BCUT2D eigenvalue weighted by molar-refractivity contribution is 9.11. The van der Waals surface area contributed by atoms with Crippen LogP contribution in [0.5, 0.6) is 0 Å². The van der Waals surface area contributed by atoms with E-state index >= 15 is 0 Å². The summed E-state index contributed by atoms with van der Waals surface area (Å²) in [5, 5.41) is 13.3. The minimum Gasteiger partial charge on any atom is -0.389 e. The molecule has 3 atom stereocenters. The van der Waals surface area contributed by atoms with Gasteiger partial charge < -0.3 is 15.2 Å². The van der Waals surface area contributed by atoms with Gasteiger partial charge in [0, 0.05) is 15.5 Å². The van der Waals surface area contributed by atoms with Gasteiger partial charge in [0.1, 0.15) is 0 Å². The second kappa shape index (κ2) is 8.51. The van der Waals surface area contributed by atoms with Gasteiger partial charge in [0.15, 0.2) is 0 Å². The Bertz CT molecular complexity index is 436. The molecule has 3 unspecified atom stereocenters. The first-order valence-corrected chi connectivity index (χ1v) is 9.14. The lowest BCUT2D eigenvalue weighted by molar-refractivity contribution is -0.0424. The molecule has 0 aliphatic heterocycles. The largest absolute Gasteiger partial charge is 0.389 e. The van der Waals surface area contributed by atoms with Gasteiger partial charge in [0.05, 0.1) is 24.5 Å². The molecule has 0 saturated heterocycles. The van der Waals surface area contributed by atoms with Gasteiger partial charge in [-0.2, -0.15) is 0 Å². The van der Waals surface area contributed by atoms with Crippen LogP contribution in [0.3, 0.4) is 0 Å². The van der Waals surface area contributed by atoms with Crippen molar-refractivity contribution in [2.75, 3.05) is 18.5 Å². The Balaban J connectivity index is 1.76. The van der Waals surface area contributed by atoms with Crippen LogP contribution in [0.2, 0.25) is 0 Å². The van der Waals surface area contributed by atoms with E-state index in [1.165, 1.54) is 19.3 Å². The van der Waals surface area contributed by atoms with Crippen LogP contribution in [0, 0.1) is 5.92 Å². The predicted molar refractivity (Wildman–Crippen MR) is 93.7 cm³/mol. The van der Waals surface area contributed by atoms with E-state index in [9.17, 15) is 5.11 Å². The first-order valence-electron chi connectivity index (χ1n) is 7.55. The summed E-state index contributed by atoms with van der Waals surface area (Å²) in [5.41, 5.74) is 0.961. The zero-order valence-corrected chi connectivity index (χ0v) is 15.5. The first kappa shape index (κ1) is 17.3. The fraction of sp³-hybridized carbons (Fsp3) is 0.625. The minimum atomic E-state index is -0.502. The lowest BCUT2D eigenvalue weighted by atomic mass is 9.88. The quantitative estimate of drug-likeness (QED) is 0.707. The first-order chi connectivity index (χ1) is 10.1. The molecule has 21 heavy (non-hydrogen) atoms. The summed E-state index contributed by atoms with van der Waals surface area (Å²) in [4.78, 5) is 0. The van der Waals surface area contributed by atoms with Crippen molar-refractivity contribution in [3.63, 3.8) is 0 Å².